The molecule has 3 heterocycles. The molecule has 3 aromatic heterocycles. The molecule has 7 rings (SSSR count). The molecule has 0 aliphatic heterocycles. The summed E-state index contributed by atoms with van der Waals surface area (Å²) in [6.07, 6.45) is 5.84. The Hall–Kier alpha value is -3.92. The fraction of sp³-hybridized carbons (Fsp3) is 0.346. The van der Waals surface area contributed by atoms with Gasteiger partial charge in [0.15, 0.2) is 11.6 Å². The number of methoxy groups -OCH3 is 1. The van der Waals surface area contributed by atoms with Crippen LogP contribution >= 0.6 is 0 Å². The van der Waals surface area contributed by atoms with E-state index in [2.05, 4.69) is 39.4 Å². The Bertz CT molecular complexity index is 1490. The number of amides is 1. The molecule has 10 heteroatoms. The van der Waals surface area contributed by atoms with Crippen LogP contribution in [0.1, 0.15) is 19.3 Å². The van der Waals surface area contributed by atoms with Crippen molar-refractivity contribution in [1.82, 2.24) is 29.6 Å². The maximum absolute atomic E-state index is 13.5. The molecule has 1 amide bonds. The van der Waals surface area contributed by atoms with Gasteiger partial charge in [-0.2, -0.15) is 5.10 Å². The second-order valence-electron chi connectivity index (χ2n) is 10.1. The molecule has 0 atom stereocenters. The van der Waals surface area contributed by atoms with Crippen LogP contribution in [-0.4, -0.2) is 62.3 Å². The molecular weight excluding hydrogens is 461 g/mol. The van der Waals surface area contributed by atoms with Crippen LogP contribution in [0.25, 0.3) is 33.5 Å². The minimum atomic E-state index is -0.346. The molecule has 1 N–H and O–H groups in total. The molecular formula is C26H26FN7O2. The van der Waals surface area contributed by atoms with Crippen molar-refractivity contribution in [2.45, 2.75) is 24.8 Å². The van der Waals surface area contributed by atoms with Crippen molar-refractivity contribution >= 4 is 22.8 Å². The summed E-state index contributed by atoms with van der Waals surface area (Å²) < 4.78 is 20.8. The zero-order valence-corrected chi connectivity index (χ0v) is 20.5. The first kappa shape index (κ1) is 22.5. The number of rotatable bonds is 6. The van der Waals surface area contributed by atoms with Crippen molar-refractivity contribution < 1.29 is 13.9 Å². The minimum Gasteiger partial charge on any atom is -0.493 e. The van der Waals surface area contributed by atoms with Crippen LogP contribution in [0, 0.1) is 11.2 Å². The highest BCUT2D eigenvalue weighted by molar-refractivity contribution is 6.01. The number of pyridine rings is 1. The number of fused-ring (bicyclic) bond motifs is 1. The number of ether oxygens (including phenoxy) is 1. The quantitative estimate of drug-likeness (QED) is 0.443. The van der Waals surface area contributed by atoms with Gasteiger partial charge in [-0.15, -0.1) is 0 Å². The van der Waals surface area contributed by atoms with Gasteiger partial charge in [0.05, 0.1) is 18.0 Å². The van der Waals surface area contributed by atoms with E-state index in [1.54, 1.807) is 22.9 Å². The van der Waals surface area contributed by atoms with Gasteiger partial charge in [0.1, 0.15) is 29.0 Å². The molecule has 0 unspecified atom stereocenters. The molecule has 9 nitrogen and oxygen atoms in total. The lowest BCUT2D eigenvalue weighted by Crippen LogP contribution is -2.76. The van der Waals surface area contributed by atoms with E-state index in [4.69, 9.17) is 9.72 Å². The van der Waals surface area contributed by atoms with Gasteiger partial charge in [-0.25, -0.2) is 19.3 Å². The topological polar surface area (TPSA) is 98.1 Å². The summed E-state index contributed by atoms with van der Waals surface area (Å²) in [5.41, 5.74) is 3.55. The third kappa shape index (κ3) is 3.28. The van der Waals surface area contributed by atoms with Gasteiger partial charge in [-0.1, -0.05) is 0 Å². The largest absolute Gasteiger partial charge is 0.493 e. The lowest BCUT2D eigenvalue weighted by atomic mass is 9.38. The first-order valence-electron chi connectivity index (χ1n) is 11.7. The van der Waals surface area contributed by atoms with E-state index in [1.807, 2.05) is 13.2 Å². The van der Waals surface area contributed by atoms with E-state index < -0.39 is 0 Å². The number of aromatic nitrogens is 5. The second kappa shape index (κ2) is 7.79. The normalized spacial score (nSPS) is 22.3. The summed E-state index contributed by atoms with van der Waals surface area (Å²) >= 11 is 0. The SMILES string of the molecule is COc1cc2ncnc(-c3cn(C)nc3-c3ccc(F)cc3)c2nc1NC(=O)C12CC(N(C)C)(C1)C2. The predicted octanol–water partition coefficient (Wildman–Crippen LogP) is 3.66. The third-order valence-corrected chi connectivity index (χ3v) is 7.66. The van der Waals surface area contributed by atoms with Gasteiger partial charge in [-0.05, 0) is 57.6 Å². The molecule has 4 aromatic rings. The number of anilines is 1. The molecule has 2 bridgehead atoms. The summed E-state index contributed by atoms with van der Waals surface area (Å²) in [5, 5.41) is 7.60. The smallest absolute Gasteiger partial charge is 0.232 e. The number of halogens is 1. The zero-order chi connectivity index (χ0) is 25.2. The Labute approximate surface area is 207 Å². The molecule has 0 saturated heterocycles. The van der Waals surface area contributed by atoms with Gasteiger partial charge in [0, 0.05) is 36.0 Å². The number of carbonyl (C=O) groups is 1. The Balaban J connectivity index is 1.40. The summed E-state index contributed by atoms with van der Waals surface area (Å²) in [7, 11) is 7.48. The highest BCUT2D eigenvalue weighted by atomic mass is 19.1. The number of nitrogens with zero attached hydrogens (tertiary/aromatic N) is 6. The van der Waals surface area contributed by atoms with Crippen LogP contribution in [0.15, 0.2) is 42.9 Å². The first-order valence-corrected chi connectivity index (χ1v) is 11.7. The number of benzene rings is 1. The van der Waals surface area contributed by atoms with Crippen molar-refractivity contribution in [3.05, 3.63) is 48.7 Å². The average Bonchev–Trinajstić information content (AvgIpc) is 3.18. The van der Waals surface area contributed by atoms with Crippen molar-refractivity contribution in [3.8, 4) is 28.3 Å². The summed E-state index contributed by atoms with van der Waals surface area (Å²) in [4.78, 5) is 29.1. The van der Waals surface area contributed by atoms with Gasteiger partial charge < -0.3 is 15.0 Å². The zero-order valence-electron chi connectivity index (χ0n) is 20.5. The van der Waals surface area contributed by atoms with E-state index in [0.29, 0.717) is 34.0 Å². The highest BCUT2D eigenvalue weighted by Crippen LogP contribution is 2.69. The standard InChI is InChI=1S/C26H26FN7O2/c1-33(2)26-11-25(12-26,13-26)24(35)31-23-19(36-4)9-18-22(30-23)21(29-14-28-18)17-10-34(3)32-20(17)15-5-7-16(27)8-6-15/h5-10,14H,11-13H2,1-4H3,(H,30,31,35). The van der Waals surface area contributed by atoms with Crippen LogP contribution in [0.4, 0.5) is 10.2 Å². The van der Waals surface area contributed by atoms with E-state index in [9.17, 15) is 9.18 Å². The molecule has 3 aliphatic carbocycles. The molecule has 184 valence electrons. The molecule has 3 aliphatic rings. The number of hydrogen-bond donors (Lipinski definition) is 1. The Morgan fingerprint density at radius 1 is 1.14 bits per heavy atom. The van der Waals surface area contributed by atoms with Crippen molar-refractivity contribution in [1.29, 1.82) is 0 Å². The second-order valence-corrected chi connectivity index (χ2v) is 10.1. The van der Waals surface area contributed by atoms with Crippen molar-refractivity contribution in [2.75, 3.05) is 26.5 Å². The van der Waals surface area contributed by atoms with Crippen LogP contribution in [-0.2, 0) is 11.8 Å². The Morgan fingerprint density at radius 3 is 2.53 bits per heavy atom. The number of nitrogens with one attached hydrogen (secondary N) is 1. The maximum Gasteiger partial charge on any atom is 0.232 e. The van der Waals surface area contributed by atoms with E-state index >= 15 is 0 Å². The fourth-order valence-corrected chi connectivity index (χ4v) is 5.58. The summed E-state index contributed by atoms with van der Waals surface area (Å²) in [5.74, 6) is 0.405. The van der Waals surface area contributed by atoms with Gasteiger partial charge in [0.2, 0.25) is 5.91 Å². The van der Waals surface area contributed by atoms with Crippen molar-refractivity contribution in [3.63, 3.8) is 0 Å². The lowest BCUT2D eigenvalue weighted by molar-refractivity contribution is -0.204. The Kier molecular flexibility index (Phi) is 4.88. The summed E-state index contributed by atoms with van der Waals surface area (Å²) in [6, 6.07) is 7.90. The van der Waals surface area contributed by atoms with Crippen LogP contribution in [0.3, 0.4) is 0 Å². The van der Waals surface area contributed by atoms with Crippen LogP contribution in [0.2, 0.25) is 0 Å². The van der Waals surface area contributed by atoms with E-state index in [-0.39, 0.29) is 22.7 Å². The predicted molar refractivity (Wildman–Crippen MR) is 133 cm³/mol. The monoisotopic (exact) mass is 487 g/mol. The highest BCUT2D eigenvalue weighted by Gasteiger charge is 2.72. The molecule has 1 aromatic carbocycles. The van der Waals surface area contributed by atoms with Gasteiger partial charge in [0.25, 0.3) is 0 Å². The van der Waals surface area contributed by atoms with Crippen molar-refractivity contribution in [2.24, 2.45) is 12.5 Å². The number of carbonyl (C=O) groups excluding carboxylic acids is 1. The Morgan fingerprint density at radius 2 is 1.86 bits per heavy atom. The molecule has 0 radical (unpaired) electrons. The lowest BCUT2D eigenvalue weighted by Gasteiger charge is -2.71. The number of hydrogen-bond acceptors (Lipinski definition) is 7. The van der Waals surface area contributed by atoms with Crippen LogP contribution in [0.5, 0.6) is 5.75 Å². The first-order chi connectivity index (χ1) is 17.2. The van der Waals surface area contributed by atoms with Gasteiger partial charge >= 0.3 is 0 Å². The molecule has 36 heavy (non-hydrogen) atoms. The van der Waals surface area contributed by atoms with E-state index in [1.165, 1.54) is 25.6 Å². The van der Waals surface area contributed by atoms with Crippen LogP contribution < -0.4 is 10.1 Å². The maximum atomic E-state index is 13.5. The molecule has 3 saturated carbocycles. The minimum absolute atomic E-state index is 0.0387. The number of aryl methyl sites for hydroxylation is 1. The van der Waals surface area contributed by atoms with E-state index in [0.717, 1.165) is 30.4 Å². The molecule has 3 fully saturated rings. The molecule has 0 spiro atoms. The summed E-state index contributed by atoms with van der Waals surface area (Å²) in [6.45, 7) is 0. The third-order valence-electron chi connectivity index (χ3n) is 7.66. The fourth-order valence-electron chi connectivity index (χ4n) is 5.58. The average molecular weight is 488 g/mol. The van der Waals surface area contributed by atoms with Gasteiger partial charge in [-0.3, -0.25) is 9.48 Å².